The van der Waals surface area contributed by atoms with E-state index in [1.54, 1.807) is 0 Å². The Hall–Kier alpha value is -0.540. The molecule has 0 heterocycles. The molecule has 0 spiro atoms. The maximum Gasteiger partial charge on any atom is 0.0635 e. The van der Waals surface area contributed by atoms with Gasteiger partial charge < -0.3 is 10.4 Å². The molecule has 18 heavy (non-hydrogen) atoms. The van der Waals surface area contributed by atoms with E-state index < -0.39 is 0 Å². The second-order valence-electron chi connectivity index (χ2n) is 5.45. The molecule has 0 amide bonds. The van der Waals surface area contributed by atoms with E-state index in [0.29, 0.717) is 5.92 Å². The van der Waals surface area contributed by atoms with Gasteiger partial charge in [0.25, 0.3) is 0 Å². The average molecular weight is 312 g/mol. The van der Waals surface area contributed by atoms with Crippen molar-refractivity contribution in [3.05, 3.63) is 28.7 Å². The van der Waals surface area contributed by atoms with Gasteiger partial charge in [0.2, 0.25) is 0 Å². The fourth-order valence-electron chi connectivity index (χ4n) is 2.94. The molecule has 2 rings (SSSR count). The van der Waals surface area contributed by atoms with Crippen molar-refractivity contribution >= 4 is 21.6 Å². The summed E-state index contributed by atoms with van der Waals surface area (Å²) in [6, 6.07) is 8.28. The van der Waals surface area contributed by atoms with E-state index in [4.69, 9.17) is 0 Å². The molecule has 3 atom stereocenters. The summed E-state index contributed by atoms with van der Waals surface area (Å²) in [5.41, 5.74) is 1.08. The Balaban J connectivity index is 2.03. The van der Waals surface area contributed by atoms with Crippen LogP contribution in [0.4, 0.5) is 5.69 Å². The number of nitrogens with one attached hydrogen (secondary N) is 1. The Morgan fingerprint density at radius 2 is 2.17 bits per heavy atom. The topological polar surface area (TPSA) is 32.3 Å². The third kappa shape index (κ3) is 3.48. The van der Waals surface area contributed by atoms with Gasteiger partial charge in [0.1, 0.15) is 0 Å². The highest BCUT2D eigenvalue weighted by Gasteiger charge is 2.26. The van der Waals surface area contributed by atoms with Gasteiger partial charge in [0.05, 0.1) is 12.6 Å². The molecule has 0 aromatic heterocycles. The van der Waals surface area contributed by atoms with Gasteiger partial charge in [0, 0.05) is 10.2 Å². The van der Waals surface area contributed by atoms with Crippen LogP contribution in [-0.2, 0) is 0 Å². The molecule has 0 saturated heterocycles. The smallest absolute Gasteiger partial charge is 0.0635 e. The summed E-state index contributed by atoms with van der Waals surface area (Å²) in [5.74, 6) is 1.38. The summed E-state index contributed by atoms with van der Waals surface area (Å²) in [7, 11) is 0. The molecule has 0 aliphatic heterocycles. The summed E-state index contributed by atoms with van der Waals surface area (Å²) in [4.78, 5) is 0. The largest absolute Gasteiger partial charge is 0.394 e. The molecule has 1 aromatic carbocycles. The summed E-state index contributed by atoms with van der Waals surface area (Å²) in [6.07, 6.45) is 5.08. The minimum absolute atomic E-state index is 0.173. The number of hydrogen-bond acceptors (Lipinski definition) is 2. The third-order valence-corrected chi connectivity index (χ3v) is 4.65. The maximum atomic E-state index is 9.64. The molecule has 0 radical (unpaired) electrons. The Bertz CT molecular complexity index is 383. The number of halogens is 1. The lowest BCUT2D eigenvalue weighted by molar-refractivity contribution is 0.188. The van der Waals surface area contributed by atoms with Crippen LogP contribution in [0.15, 0.2) is 28.7 Å². The van der Waals surface area contributed by atoms with Crippen LogP contribution in [-0.4, -0.2) is 17.8 Å². The van der Waals surface area contributed by atoms with Crippen molar-refractivity contribution in [2.24, 2.45) is 11.8 Å². The first-order valence-corrected chi connectivity index (χ1v) is 7.62. The lowest BCUT2D eigenvalue weighted by Crippen LogP contribution is -2.35. The Labute approximate surface area is 118 Å². The quantitative estimate of drug-likeness (QED) is 0.879. The normalized spacial score (nSPS) is 25.7. The minimum Gasteiger partial charge on any atom is -0.394 e. The molecule has 2 N–H and O–H groups in total. The maximum absolute atomic E-state index is 9.64. The minimum atomic E-state index is 0.173. The van der Waals surface area contributed by atoms with Crippen LogP contribution in [0.5, 0.6) is 0 Å². The van der Waals surface area contributed by atoms with Crippen LogP contribution < -0.4 is 5.32 Å². The molecular formula is C15H22BrNO. The highest BCUT2D eigenvalue weighted by molar-refractivity contribution is 9.10. The van der Waals surface area contributed by atoms with Crippen LogP contribution in [0.25, 0.3) is 0 Å². The number of benzene rings is 1. The second-order valence-corrected chi connectivity index (χ2v) is 6.30. The summed E-state index contributed by atoms with van der Waals surface area (Å²) in [5, 5.41) is 13.1. The van der Waals surface area contributed by atoms with Crippen LogP contribution in [0.1, 0.15) is 32.6 Å². The molecule has 0 bridgehead atoms. The van der Waals surface area contributed by atoms with Gasteiger partial charge in [-0.2, -0.15) is 0 Å². The van der Waals surface area contributed by atoms with Crippen LogP contribution in [0.2, 0.25) is 0 Å². The molecular weight excluding hydrogens is 290 g/mol. The summed E-state index contributed by atoms with van der Waals surface area (Å²) >= 11 is 3.55. The molecule has 1 aromatic rings. The van der Waals surface area contributed by atoms with Gasteiger partial charge in [-0.3, -0.25) is 0 Å². The molecule has 1 fully saturated rings. The number of para-hydroxylation sites is 1. The Morgan fingerprint density at radius 1 is 1.39 bits per heavy atom. The van der Waals surface area contributed by atoms with Crippen molar-refractivity contribution in [3.8, 4) is 0 Å². The summed E-state index contributed by atoms with van der Waals surface area (Å²) in [6.45, 7) is 2.53. The lowest BCUT2D eigenvalue weighted by Gasteiger charge is -2.33. The average Bonchev–Trinajstić information content (AvgIpc) is 2.38. The highest BCUT2D eigenvalue weighted by Crippen LogP contribution is 2.33. The van der Waals surface area contributed by atoms with Crippen molar-refractivity contribution in [2.45, 2.75) is 38.6 Å². The van der Waals surface area contributed by atoms with Gasteiger partial charge in [0.15, 0.2) is 0 Å². The molecule has 100 valence electrons. The van der Waals surface area contributed by atoms with Gasteiger partial charge in [-0.15, -0.1) is 0 Å². The van der Waals surface area contributed by atoms with E-state index in [1.165, 1.54) is 25.7 Å². The number of aliphatic hydroxyl groups excluding tert-OH is 1. The van der Waals surface area contributed by atoms with E-state index in [1.807, 2.05) is 18.2 Å². The van der Waals surface area contributed by atoms with Crippen molar-refractivity contribution in [2.75, 3.05) is 11.9 Å². The molecule has 3 heteroatoms. The number of aliphatic hydroxyl groups is 1. The fourth-order valence-corrected chi connectivity index (χ4v) is 3.34. The van der Waals surface area contributed by atoms with Gasteiger partial charge in [-0.25, -0.2) is 0 Å². The molecule has 3 unspecified atom stereocenters. The SMILES string of the molecule is CC1CCCC(C(CO)Nc2ccccc2Br)C1. The number of hydrogen-bond donors (Lipinski definition) is 2. The van der Waals surface area contributed by atoms with E-state index >= 15 is 0 Å². The Morgan fingerprint density at radius 3 is 2.83 bits per heavy atom. The van der Waals surface area contributed by atoms with Crippen molar-refractivity contribution in [1.82, 2.24) is 0 Å². The standard InChI is InChI=1S/C15H22BrNO/c1-11-5-4-6-12(9-11)15(10-18)17-14-8-3-2-7-13(14)16/h2-3,7-8,11-12,15,17-18H,4-6,9-10H2,1H3. The highest BCUT2D eigenvalue weighted by atomic mass is 79.9. The van der Waals surface area contributed by atoms with Gasteiger partial charge in [-0.05, 0) is 52.7 Å². The monoisotopic (exact) mass is 311 g/mol. The fraction of sp³-hybridized carbons (Fsp3) is 0.600. The van der Waals surface area contributed by atoms with E-state index in [2.05, 4.69) is 34.2 Å². The zero-order chi connectivity index (χ0) is 13.0. The van der Waals surface area contributed by atoms with Crippen LogP contribution in [0.3, 0.4) is 0 Å². The molecule has 1 saturated carbocycles. The number of rotatable bonds is 4. The zero-order valence-corrected chi connectivity index (χ0v) is 12.5. The predicted molar refractivity (Wildman–Crippen MR) is 79.8 cm³/mol. The van der Waals surface area contributed by atoms with E-state index in [-0.39, 0.29) is 12.6 Å². The summed E-state index contributed by atoms with van der Waals surface area (Å²) < 4.78 is 1.06. The third-order valence-electron chi connectivity index (χ3n) is 3.96. The first-order chi connectivity index (χ1) is 8.70. The first-order valence-electron chi connectivity index (χ1n) is 6.82. The lowest BCUT2D eigenvalue weighted by atomic mass is 9.78. The van der Waals surface area contributed by atoms with Crippen molar-refractivity contribution in [3.63, 3.8) is 0 Å². The molecule has 1 aliphatic rings. The van der Waals surface area contributed by atoms with E-state index in [0.717, 1.165) is 16.1 Å². The number of anilines is 1. The second kappa shape index (κ2) is 6.58. The predicted octanol–water partition coefficient (Wildman–Crippen LogP) is 4.05. The van der Waals surface area contributed by atoms with Gasteiger partial charge in [-0.1, -0.05) is 31.9 Å². The molecule has 1 aliphatic carbocycles. The van der Waals surface area contributed by atoms with Crippen LogP contribution in [0, 0.1) is 11.8 Å². The van der Waals surface area contributed by atoms with Crippen molar-refractivity contribution in [1.29, 1.82) is 0 Å². The Kier molecular flexibility index (Phi) is 5.07. The van der Waals surface area contributed by atoms with Gasteiger partial charge >= 0.3 is 0 Å². The molecule has 2 nitrogen and oxygen atoms in total. The van der Waals surface area contributed by atoms with Crippen molar-refractivity contribution < 1.29 is 5.11 Å². The first kappa shape index (κ1) is 13.9. The zero-order valence-electron chi connectivity index (χ0n) is 10.9. The van der Waals surface area contributed by atoms with Crippen LogP contribution >= 0.6 is 15.9 Å². The van der Waals surface area contributed by atoms with E-state index in [9.17, 15) is 5.11 Å².